The molecule has 0 aromatic rings. The molecule has 2 rings (SSSR count). The molecule has 1 amide bonds. The summed E-state index contributed by atoms with van der Waals surface area (Å²) in [6.07, 6.45) is -1.32. The molecular formula is C11H18F2N2O3S. The molecule has 8 heteroatoms. The highest BCUT2D eigenvalue weighted by Crippen LogP contribution is 2.46. The maximum atomic E-state index is 12.1. The molecule has 0 heterocycles. The second-order valence-corrected chi connectivity index (χ2v) is 7.99. The number of alkyl halides is 2. The molecule has 0 spiro atoms. The number of sulfonamides is 1. The average molecular weight is 296 g/mol. The zero-order valence-corrected chi connectivity index (χ0v) is 11.5. The van der Waals surface area contributed by atoms with Crippen molar-refractivity contribution in [1.82, 2.24) is 4.72 Å². The monoisotopic (exact) mass is 296 g/mol. The fourth-order valence-electron chi connectivity index (χ4n) is 2.10. The molecule has 0 aromatic heterocycles. The van der Waals surface area contributed by atoms with Gasteiger partial charge in [0, 0.05) is 6.42 Å². The smallest absolute Gasteiger partial charge is 0.253 e. The van der Waals surface area contributed by atoms with Crippen molar-refractivity contribution in [3.63, 3.8) is 0 Å². The van der Waals surface area contributed by atoms with E-state index >= 15 is 0 Å². The van der Waals surface area contributed by atoms with Crippen LogP contribution in [0.25, 0.3) is 0 Å². The molecular weight excluding hydrogens is 278 g/mol. The molecule has 2 aliphatic rings. The highest BCUT2D eigenvalue weighted by molar-refractivity contribution is 7.91. The summed E-state index contributed by atoms with van der Waals surface area (Å²) < 4.78 is 49.0. The SMILES string of the molecule is CC1(S(=O)(=O)NC(=O)[C@@]2(N)C[C@H]2CCC(F)F)CC1. The molecule has 0 unspecified atom stereocenters. The Morgan fingerprint density at radius 1 is 1.47 bits per heavy atom. The summed E-state index contributed by atoms with van der Waals surface area (Å²) in [5, 5.41) is 0. The maximum absolute atomic E-state index is 12.1. The molecule has 5 nitrogen and oxygen atoms in total. The van der Waals surface area contributed by atoms with E-state index in [1.807, 2.05) is 4.72 Å². The summed E-state index contributed by atoms with van der Waals surface area (Å²) in [5.74, 6) is -1.12. The Balaban J connectivity index is 1.91. The van der Waals surface area contributed by atoms with Crippen LogP contribution in [0.2, 0.25) is 0 Å². The first-order chi connectivity index (χ1) is 8.61. The molecule has 2 saturated carbocycles. The summed E-state index contributed by atoms with van der Waals surface area (Å²) >= 11 is 0. The molecule has 0 aromatic carbocycles. The molecule has 3 N–H and O–H groups in total. The van der Waals surface area contributed by atoms with Crippen molar-refractivity contribution in [2.45, 2.75) is 55.7 Å². The van der Waals surface area contributed by atoms with Gasteiger partial charge in [0.1, 0.15) is 0 Å². The molecule has 2 aliphatic carbocycles. The molecule has 0 saturated heterocycles. The van der Waals surface area contributed by atoms with Gasteiger partial charge in [-0.15, -0.1) is 0 Å². The maximum Gasteiger partial charge on any atom is 0.253 e. The minimum absolute atomic E-state index is 0.138. The Bertz CT molecular complexity index is 490. The van der Waals surface area contributed by atoms with E-state index in [9.17, 15) is 22.0 Å². The van der Waals surface area contributed by atoms with Crippen molar-refractivity contribution in [1.29, 1.82) is 0 Å². The van der Waals surface area contributed by atoms with E-state index in [2.05, 4.69) is 0 Å². The Morgan fingerprint density at radius 2 is 2.05 bits per heavy atom. The van der Waals surface area contributed by atoms with E-state index in [1.54, 1.807) is 6.92 Å². The number of carbonyl (C=O) groups is 1. The molecule has 2 fully saturated rings. The first kappa shape index (κ1) is 14.6. The Morgan fingerprint density at radius 3 is 2.53 bits per heavy atom. The van der Waals surface area contributed by atoms with Crippen molar-refractivity contribution in [2.24, 2.45) is 11.7 Å². The van der Waals surface area contributed by atoms with Gasteiger partial charge >= 0.3 is 0 Å². The number of halogens is 2. The first-order valence-electron chi connectivity index (χ1n) is 6.24. The standard InChI is InChI=1S/C11H18F2N2O3S/c1-10(4-5-10)19(17,18)15-9(16)11(14)6-7(11)2-3-8(12)13/h7-8H,2-6,14H2,1H3,(H,15,16)/t7-,11-/m1/s1. The number of nitrogens with two attached hydrogens (primary N) is 1. The van der Waals surface area contributed by atoms with Crippen LogP contribution in [0.15, 0.2) is 0 Å². The lowest BCUT2D eigenvalue weighted by molar-refractivity contribution is -0.121. The Labute approximate surface area is 111 Å². The number of carbonyl (C=O) groups excluding carboxylic acids is 1. The van der Waals surface area contributed by atoms with Gasteiger partial charge in [0.15, 0.2) is 0 Å². The van der Waals surface area contributed by atoms with Crippen molar-refractivity contribution in [2.75, 3.05) is 0 Å². The van der Waals surface area contributed by atoms with Gasteiger partial charge in [0.25, 0.3) is 5.91 Å². The van der Waals surface area contributed by atoms with Gasteiger partial charge in [-0.1, -0.05) is 0 Å². The average Bonchev–Trinajstić information content (AvgIpc) is 3.15. The number of hydrogen-bond donors (Lipinski definition) is 2. The molecule has 2 atom stereocenters. The summed E-state index contributed by atoms with van der Waals surface area (Å²) in [6.45, 7) is 1.56. The van der Waals surface area contributed by atoms with Crippen LogP contribution in [-0.4, -0.2) is 31.0 Å². The lowest BCUT2D eigenvalue weighted by Crippen LogP contribution is -2.49. The van der Waals surface area contributed by atoms with Crippen LogP contribution in [-0.2, 0) is 14.8 Å². The lowest BCUT2D eigenvalue weighted by Gasteiger charge is -2.16. The molecule has 0 bridgehead atoms. The second kappa shape index (κ2) is 4.37. The predicted octanol–water partition coefficient (Wildman–Crippen LogP) is 0.748. The van der Waals surface area contributed by atoms with Gasteiger partial charge in [-0.3, -0.25) is 9.52 Å². The molecule has 110 valence electrons. The third-order valence-corrected chi connectivity index (χ3v) is 6.30. The largest absolute Gasteiger partial charge is 0.317 e. The van der Waals surface area contributed by atoms with Crippen LogP contribution < -0.4 is 10.5 Å². The molecule has 0 aliphatic heterocycles. The van der Waals surface area contributed by atoms with Crippen LogP contribution in [0.3, 0.4) is 0 Å². The van der Waals surface area contributed by atoms with E-state index in [0.717, 1.165) is 0 Å². The minimum atomic E-state index is -3.71. The van der Waals surface area contributed by atoms with Crippen molar-refractivity contribution >= 4 is 15.9 Å². The van der Waals surface area contributed by atoms with Gasteiger partial charge in [-0.25, -0.2) is 17.2 Å². The topological polar surface area (TPSA) is 89.3 Å². The number of rotatable bonds is 6. The minimum Gasteiger partial charge on any atom is -0.317 e. The summed E-state index contributed by atoms with van der Waals surface area (Å²) in [4.78, 5) is 11.9. The fourth-order valence-corrected chi connectivity index (χ4v) is 3.42. The third-order valence-electron chi connectivity index (χ3n) is 4.14. The van der Waals surface area contributed by atoms with Crippen LogP contribution in [0.1, 0.15) is 39.0 Å². The van der Waals surface area contributed by atoms with E-state index in [1.165, 1.54) is 0 Å². The second-order valence-electron chi connectivity index (χ2n) is 5.79. The van der Waals surface area contributed by atoms with Gasteiger partial charge in [0.2, 0.25) is 16.4 Å². The predicted molar refractivity (Wildman–Crippen MR) is 65.0 cm³/mol. The zero-order valence-electron chi connectivity index (χ0n) is 10.7. The van der Waals surface area contributed by atoms with Gasteiger partial charge in [-0.05, 0) is 38.5 Å². The van der Waals surface area contributed by atoms with Crippen LogP contribution in [0, 0.1) is 5.92 Å². The van der Waals surface area contributed by atoms with E-state index in [4.69, 9.17) is 5.73 Å². The highest BCUT2D eigenvalue weighted by Gasteiger charge is 2.59. The third kappa shape index (κ3) is 2.74. The van der Waals surface area contributed by atoms with Crippen LogP contribution in [0.4, 0.5) is 8.78 Å². The van der Waals surface area contributed by atoms with Gasteiger partial charge < -0.3 is 5.73 Å². The normalized spacial score (nSPS) is 32.2. The zero-order chi connectivity index (χ0) is 14.5. The van der Waals surface area contributed by atoms with E-state index in [-0.39, 0.29) is 25.2 Å². The summed E-state index contributed by atoms with van der Waals surface area (Å²) in [7, 11) is -3.71. The van der Waals surface area contributed by atoms with Crippen molar-refractivity contribution in [3.8, 4) is 0 Å². The first-order valence-corrected chi connectivity index (χ1v) is 7.73. The summed E-state index contributed by atoms with van der Waals surface area (Å²) in [5.41, 5.74) is 4.47. The Kier molecular flexibility index (Phi) is 3.37. The highest BCUT2D eigenvalue weighted by atomic mass is 32.2. The lowest BCUT2D eigenvalue weighted by atomic mass is 10.1. The van der Waals surface area contributed by atoms with Gasteiger partial charge in [-0.2, -0.15) is 0 Å². The molecule has 0 radical (unpaired) electrons. The summed E-state index contributed by atoms with van der Waals surface area (Å²) in [6, 6.07) is 0. The van der Waals surface area contributed by atoms with Crippen LogP contribution >= 0.6 is 0 Å². The Hall–Kier alpha value is -0.760. The number of hydrogen-bond acceptors (Lipinski definition) is 4. The van der Waals surface area contributed by atoms with Gasteiger partial charge in [0.05, 0.1) is 10.3 Å². The quantitative estimate of drug-likeness (QED) is 0.757. The van der Waals surface area contributed by atoms with E-state index in [0.29, 0.717) is 12.8 Å². The number of amides is 1. The molecule has 19 heavy (non-hydrogen) atoms. The van der Waals surface area contributed by atoms with Crippen LogP contribution in [0.5, 0.6) is 0 Å². The van der Waals surface area contributed by atoms with E-state index < -0.39 is 32.6 Å². The fraction of sp³-hybridized carbons (Fsp3) is 0.909. The van der Waals surface area contributed by atoms with Crippen molar-refractivity contribution < 1.29 is 22.0 Å². The van der Waals surface area contributed by atoms with Crippen molar-refractivity contribution in [3.05, 3.63) is 0 Å². The number of nitrogens with one attached hydrogen (secondary N) is 1.